The maximum absolute atomic E-state index is 11.9. The smallest absolute Gasteiger partial charge is 0.330 e. The van der Waals surface area contributed by atoms with E-state index >= 15 is 0 Å². The zero-order chi connectivity index (χ0) is 17.1. The maximum Gasteiger partial charge on any atom is 0.330 e. The van der Waals surface area contributed by atoms with Crippen molar-refractivity contribution in [3.8, 4) is 11.5 Å². The standard InChI is InChI=1S/C19H28O4/c1-5-7-8-15(6-2)14-23-19(20)12-9-16-13-17(21-3)10-11-18(16)22-4/h9-13,15H,5-8,14H2,1-4H3. The lowest BCUT2D eigenvalue weighted by molar-refractivity contribution is -0.139. The molecule has 0 bridgehead atoms. The topological polar surface area (TPSA) is 44.8 Å². The Morgan fingerprint density at radius 1 is 1.22 bits per heavy atom. The molecule has 1 atom stereocenters. The molecule has 4 heteroatoms. The molecular formula is C19H28O4. The molecule has 128 valence electrons. The molecule has 0 saturated heterocycles. The molecule has 1 aromatic carbocycles. The van der Waals surface area contributed by atoms with Crippen molar-refractivity contribution in [1.82, 2.24) is 0 Å². The van der Waals surface area contributed by atoms with Gasteiger partial charge in [-0.3, -0.25) is 0 Å². The van der Waals surface area contributed by atoms with E-state index in [0.29, 0.717) is 24.0 Å². The highest BCUT2D eigenvalue weighted by molar-refractivity contribution is 5.87. The van der Waals surface area contributed by atoms with Gasteiger partial charge in [0.15, 0.2) is 0 Å². The average molecular weight is 320 g/mol. The number of rotatable bonds is 10. The molecule has 0 amide bonds. The van der Waals surface area contributed by atoms with E-state index < -0.39 is 0 Å². The second-order valence-electron chi connectivity index (χ2n) is 5.49. The lowest BCUT2D eigenvalue weighted by atomic mass is 10.0. The number of benzene rings is 1. The van der Waals surface area contributed by atoms with E-state index in [1.54, 1.807) is 20.3 Å². The molecule has 1 aromatic rings. The van der Waals surface area contributed by atoms with Crippen LogP contribution in [0.1, 0.15) is 45.1 Å². The number of esters is 1. The van der Waals surface area contributed by atoms with Gasteiger partial charge in [0.25, 0.3) is 0 Å². The van der Waals surface area contributed by atoms with Crippen molar-refractivity contribution in [3.63, 3.8) is 0 Å². The Balaban J connectivity index is 2.60. The number of unbranched alkanes of at least 4 members (excludes halogenated alkanes) is 1. The third kappa shape index (κ3) is 6.76. The quantitative estimate of drug-likeness (QED) is 0.471. The Kier molecular flexibility index (Phi) is 8.88. The van der Waals surface area contributed by atoms with Crippen LogP contribution >= 0.6 is 0 Å². The van der Waals surface area contributed by atoms with Crippen LogP contribution < -0.4 is 9.47 Å². The normalized spacial score (nSPS) is 12.2. The van der Waals surface area contributed by atoms with E-state index in [4.69, 9.17) is 14.2 Å². The monoisotopic (exact) mass is 320 g/mol. The number of carbonyl (C=O) groups is 1. The van der Waals surface area contributed by atoms with Crippen LogP contribution in [-0.2, 0) is 9.53 Å². The molecule has 0 saturated carbocycles. The van der Waals surface area contributed by atoms with Crippen LogP contribution in [0.15, 0.2) is 24.3 Å². The predicted molar refractivity (Wildman–Crippen MR) is 92.8 cm³/mol. The Morgan fingerprint density at radius 2 is 2.00 bits per heavy atom. The summed E-state index contributed by atoms with van der Waals surface area (Å²) in [5.41, 5.74) is 0.779. The van der Waals surface area contributed by atoms with E-state index in [-0.39, 0.29) is 5.97 Å². The Bertz CT molecular complexity index is 508. The van der Waals surface area contributed by atoms with Crippen LogP contribution in [0.25, 0.3) is 6.08 Å². The molecule has 0 fully saturated rings. The summed E-state index contributed by atoms with van der Waals surface area (Å²) in [6.45, 7) is 4.78. The molecule has 0 radical (unpaired) electrons. The number of hydrogen-bond donors (Lipinski definition) is 0. The second-order valence-corrected chi connectivity index (χ2v) is 5.49. The maximum atomic E-state index is 11.9. The molecule has 0 N–H and O–H groups in total. The number of hydrogen-bond acceptors (Lipinski definition) is 4. The molecular weight excluding hydrogens is 292 g/mol. The first-order valence-electron chi connectivity index (χ1n) is 8.21. The van der Waals surface area contributed by atoms with E-state index in [1.165, 1.54) is 18.9 Å². The van der Waals surface area contributed by atoms with Crippen molar-refractivity contribution in [3.05, 3.63) is 29.8 Å². The highest BCUT2D eigenvalue weighted by Gasteiger charge is 2.09. The average Bonchev–Trinajstić information content (AvgIpc) is 2.59. The SMILES string of the molecule is CCCCC(CC)COC(=O)C=Cc1cc(OC)ccc1OC. The highest BCUT2D eigenvalue weighted by Crippen LogP contribution is 2.25. The van der Waals surface area contributed by atoms with Crippen LogP contribution in [0, 0.1) is 5.92 Å². The van der Waals surface area contributed by atoms with E-state index in [0.717, 1.165) is 18.4 Å². The van der Waals surface area contributed by atoms with E-state index in [2.05, 4.69) is 13.8 Å². The molecule has 4 nitrogen and oxygen atoms in total. The van der Waals surface area contributed by atoms with Crippen molar-refractivity contribution in [2.24, 2.45) is 5.92 Å². The lowest BCUT2D eigenvalue weighted by Crippen LogP contribution is -2.12. The minimum Gasteiger partial charge on any atom is -0.497 e. The van der Waals surface area contributed by atoms with Gasteiger partial charge >= 0.3 is 5.97 Å². The van der Waals surface area contributed by atoms with Gasteiger partial charge in [0.05, 0.1) is 20.8 Å². The van der Waals surface area contributed by atoms with Gasteiger partial charge in [-0.15, -0.1) is 0 Å². The zero-order valence-corrected chi connectivity index (χ0v) is 14.6. The fourth-order valence-corrected chi connectivity index (χ4v) is 2.27. The Labute approximate surface area is 139 Å². The van der Waals surface area contributed by atoms with Crippen molar-refractivity contribution in [2.45, 2.75) is 39.5 Å². The summed E-state index contributed by atoms with van der Waals surface area (Å²) in [7, 11) is 3.20. The highest BCUT2D eigenvalue weighted by atomic mass is 16.5. The minimum absolute atomic E-state index is 0.329. The van der Waals surface area contributed by atoms with Gasteiger partial charge < -0.3 is 14.2 Å². The van der Waals surface area contributed by atoms with Crippen LogP contribution in [0.4, 0.5) is 0 Å². The molecule has 0 aliphatic rings. The van der Waals surface area contributed by atoms with Gasteiger partial charge in [-0.05, 0) is 36.6 Å². The second kappa shape index (κ2) is 10.7. The first kappa shape index (κ1) is 19.1. The minimum atomic E-state index is -0.329. The third-order valence-electron chi connectivity index (χ3n) is 3.84. The molecule has 0 aliphatic carbocycles. The molecule has 0 aromatic heterocycles. The summed E-state index contributed by atoms with van der Waals surface area (Å²) in [6, 6.07) is 5.44. The fraction of sp³-hybridized carbons (Fsp3) is 0.526. The molecule has 1 unspecified atom stereocenters. The van der Waals surface area contributed by atoms with Crippen LogP contribution in [-0.4, -0.2) is 26.8 Å². The van der Waals surface area contributed by atoms with Gasteiger partial charge in [0.1, 0.15) is 11.5 Å². The fourth-order valence-electron chi connectivity index (χ4n) is 2.27. The molecule has 0 aliphatic heterocycles. The van der Waals surface area contributed by atoms with E-state index in [9.17, 15) is 4.79 Å². The van der Waals surface area contributed by atoms with Crippen LogP contribution in [0.5, 0.6) is 11.5 Å². The molecule has 0 heterocycles. The lowest BCUT2D eigenvalue weighted by Gasteiger charge is -2.13. The first-order chi connectivity index (χ1) is 11.1. The largest absolute Gasteiger partial charge is 0.497 e. The summed E-state index contributed by atoms with van der Waals surface area (Å²) in [6.07, 6.45) is 7.60. The van der Waals surface area contributed by atoms with Crippen LogP contribution in [0.2, 0.25) is 0 Å². The molecule has 23 heavy (non-hydrogen) atoms. The molecule has 1 rings (SSSR count). The zero-order valence-electron chi connectivity index (χ0n) is 14.6. The van der Waals surface area contributed by atoms with Gasteiger partial charge in [-0.2, -0.15) is 0 Å². The van der Waals surface area contributed by atoms with E-state index in [1.807, 2.05) is 18.2 Å². The van der Waals surface area contributed by atoms with Gasteiger partial charge in [0.2, 0.25) is 0 Å². The first-order valence-corrected chi connectivity index (χ1v) is 8.21. The number of carbonyl (C=O) groups excluding carboxylic acids is 1. The Morgan fingerprint density at radius 3 is 2.61 bits per heavy atom. The number of methoxy groups -OCH3 is 2. The summed E-state index contributed by atoms with van der Waals surface area (Å²) in [5.74, 6) is 1.51. The predicted octanol–water partition coefficient (Wildman–Crippen LogP) is 4.48. The van der Waals surface area contributed by atoms with Gasteiger partial charge in [-0.25, -0.2) is 4.79 Å². The number of ether oxygens (including phenoxy) is 3. The third-order valence-corrected chi connectivity index (χ3v) is 3.84. The molecule has 0 spiro atoms. The van der Waals surface area contributed by atoms with Crippen molar-refractivity contribution in [2.75, 3.05) is 20.8 Å². The summed E-state index contributed by atoms with van der Waals surface area (Å²) >= 11 is 0. The van der Waals surface area contributed by atoms with Crippen molar-refractivity contribution in [1.29, 1.82) is 0 Å². The van der Waals surface area contributed by atoms with Crippen LogP contribution in [0.3, 0.4) is 0 Å². The van der Waals surface area contributed by atoms with Gasteiger partial charge in [0, 0.05) is 11.6 Å². The van der Waals surface area contributed by atoms with Crippen molar-refractivity contribution < 1.29 is 19.0 Å². The summed E-state index contributed by atoms with van der Waals surface area (Å²) in [4.78, 5) is 11.9. The van der Waals surface area contributed by atoms with Crippen molar-refractivity contribution >= 4 is 12.0 Å². The summed E-state index contributed by atoms with van der Waals surface area (Å²) in [5, 5.41) is 0. The Hall–Kier alpha value is -1.97. The summed E-state index contributed by atoms with van der Waals surface area (Å²) < 4.78 is 15.8. The van der Waals surface area contributed by atoms with Gasteiger partial charge in [-0.1, -0.05) is 33.1 Å².